The maximum absolute atomic E-state index is 11.9. The average molecular weight is 247 g/mol. The SMILES string of the molecule is CN(C(=O)OC1CCC(=O)CC1)c1ccccc1. The molecular formula is C14H17NO3. The lowest BCUT2D eigenvalue weighted by molar-refractivity contribution is -0.122. The number of carbonyl (C=O) groups is 2. The van der Waals surface area contributed by atoms with Crippen molar-refractivity contribution in [2.75, 3.05) is 11.9 Å². The summed E-state index contributed by atoms with van der Waals surface area (Å²) in [6, 6.07) is 9.35. The van der Waals surface area contributed by atoms with Gasteiger partial charge in [-0.25, -0.2) is 4.79 Å². The average Bonchev–Trinajstić information content (AvgIpc) is 2.41. The molecule has 4 heteroatoms. The van der Waals surface area contributed by atoms with Crippen molar-refractivity contribution < 1.29 is 14.3 Å². The maximum Gasteiger partial charge on any atom is 0.414 e. The predicted octanol–water partition coefficient (Wildman–Crippen LogP) is 2.77. The van der Waals surface area contributed by atoms with E-state index in [0.717, 1.165) is 5.69 Å². The van der Waals surface area contributed by atoms with Gasteiger partial charge in [0.15, 0.2) is 0 Å². The highest BCUT2D eigenvalue weighted by atomic mass is 16.6. The van der Waals surface area contributed by atoms with Crippen molar-refractivity contribution >= 4 is 17.6 Å². The highest BCUT2D eigenvalue weighted by Crippen LogP contribution is 2.20. The zero-order valence-corrected chi connectivity index (χ0v) is 10.5. The van der Waals surface area contributed by atoms with Crippen LogP contribution in [0.5, 0.6) is 0 Å². The van der Waals surface area contributed by atoms with Gasteiger partial charge < -0.3 is 4.74 Å². The Balaban J connectivity index is 1.90. The Morgan fingerprint density at radius 3 is 2.44 bits per heavy atom. The molecule has 0 N–H and O–H groups in total. The van der Waals surface area contributed by atoms with Gasteiger partial charge in [-0.3, -0.25) is 9.69 Å². The van der Waals surface area contributed by atoms with Crippen LogP contribution in [0.3, 0.4) is 0 Å². The molecule has 1 saturated carbocycles. The highest BCUT2D eigenvalue weighted by molar-refractivity contribution is 5.87. The fraction of sp³-hybridized carbons (Fsp3) is 0.429. The summed E-state index contributed by atoms with van der Waals surface area (Å²) >= 11 is 0. The summed E-state index contributed by atoms with van der Waals surface area (Å²) in [7, 11) is 1.69. The first kappa shape index (κ1) is 12.6. The van der Waals surface area contributed by atoms with Crippen LogP contribution in [0.2, 0.25) is 0 Å². The van der Waals surface area contributed by atoms with Crippen LogP contribution in [-0.4, -0.2) is 25.0 Å². The first-order valence-electron chi connectivity index (χ1n) is 6.18. The van der Waals surface area contributed by atoms with Gasteiger partial charge in [0.1, 0.15) is 11.9 Å². The Hall–Kier alpha value is -1.84. The Kier molecular flexibility index (Phi) is 3.97. The van der Waals surface area contributed by atoms with Gasteiger partial charge in [-0.1, -0.05) is 18.2 Å². The summed E-state index contributed by atoms with van der Waals surface area (Å²) in [5.74, 6) is 0.263. The summed E-state index contributed by atoms with van der Waals surface area (Å²) in [5.41, 5.74) is 0.800. The van der Waals surface area contributed by atoms with E-state index in [9.17, 15) is 9.59 Å². The first-order valence-corrected chi connectivity index (χ1v) is 6.18. The summed E-state index contributed by atoms with van der Waals surface area (Å²) < 4.78 is 5.39. The number of ketones is 1. The van der Waals surface area contributed by atoms with Crippen molar-refractivity contribution in [1.29, 1.82) is 0 Å². The molecule has 0 bridgehead atoms. The third kappa shape index (κ3) is 3.09. The van der Waals surface area contributed by atoms with E-state index in [0.29, 0.717) is 25.7 Å². The zero-order chi connectivity index (χ0) is 13.0. The van der Waals surface area contributed by atoms with Crippen LogP contribution in [0, 0.1) is 0 Å². The minimum Gasteiger partial charge on any atom is -0.446 e. The first-order chi connectivity index (χ1) is 8.66. The normalized spacial score (nSPS) is 16.4. The second kappa shape index (κ2) is 5.67. The number of benzene rings is 1. The highest BCUT2D eigenvalue weighted by Gasteiger charge is 2.23. The van der Waals surface area contributed by atoms with E-state index in [1.807, 2.05) is 30.3 Å². The van der Waals surface area contributed by atoms with Crippen LogP contribution in [0.15, 0.2) is 30.3 Å². The molecule has 1 fully saturated rings. The Labute approximate surface area is 107 Å². The van der Waals surface area contributed by atoms with Crippen molar-refractivity contribution in [1.82, 2.24) is 0 Å². The van der Waals surface area contributed by atoms with E-state index in [2.05, 4.69) is 0 Å². The number of para-hydroxylation sites is 1. The molecule has 4 nitrogen and oxygen atoms in total. The quantitative estimate of drug-likeness (QED) is 0.807. The van der Waals surface area contributed by atoms with Crippen LogP contribution in [-0.2, 0) is 9.53 Å². The fourth-order valence-electron chi connectivity index (χ4n) is 2.01. The van der Waals surface area contributed by atoms with Crippen molar-refractivity contribution in [3.05, 3.63) is 30.3 Å². The number of hydrogen-bond acceptors (Lipinski definition) is 3. The van der Waals surface area contributed by atoms with E-state index >= 15 is 0 Å². The number of Topliss-reactive ketones (excluding diaryl/α,β-unsaturated/α-hetero) is 1. The smallest absolute Gasteiger partial charge is 0.414 e. The molecule has 96 valence electrons. The molecule has 1 aliphatic carbocycles. The number of rotatable bonds is 2. The molecule has 0 atom stereocenters. The minimum atomic E-state index is -0.361. The molecule has 1 amide bonds. The Morgan fingerprint density at radius 1 is 1.22 bits per heavy atom. The van der Waals surface area contributed by atoms with Gasteiger partial charge in [-0.15, -0.1) is 0 Å². The predicted molar refractivity (Wildman–Crippen MR) is 68.6 cm³/mol. The van der Waals surface area contributed by atoms with Crippen LogP contribution in [0.4, 0.5) is 10.5 Å². The largest absolute Gasteiger partial charge is 0.446 e. The Bertz CT molecular complexity index is 420. The molecule has 2 rings (SSSR count). The number of ether oxygens (including phenoxy) is 1. The van der Waals surface area contributed by atoms with Gasteiger partial charge in [0.2, 0.25) is 0 Å². The van der Waals surface area contributed by atoms with Crippen LogP contribution in [0.1, 0.15) is 25.7 Å². The van der Waals surface area contributed by atoms with Crippen molar-refractivity contribution in [3.8, 4) is 0 Å². The van der Waals surface area contributed by atoms with Crippen molar-refractivity contribution in [2.45, 2.75) is 31.8 Å². The minimum absolute atomic E-state index is 0.124. The summed E-state index contributed by atoms with van der Waals surface area (Å²) in [4.78, 5) is 24.5. The summed E-state index contributed by atoms with van der Waals surface area (Å²) in [6.45, 7) is 0. The standard InChI is InChI=1S/C14H17NO3/c1-15(11-5-3-2-4-6-11)14(17)18-13-9-7-12(16)8-10-13/h2-6,13H,7-10H2,1H3. The number of nitrogens with zero attached hydrogens (tertiary/aromatic N) is 1. The zero-order valence-electron chi connectivity index (χ0n) is 10.5. The Morgan fingerprint density at radius 2 is 1.83 bits per heavy atom. The van der Waals surface area contributed by atoms with Crippen LogP contribution in [0.25, 0.3) is 0 Å². The van der Waals surface area contributed by atoms with Gasteiger partial charge in [0.25, 0.3) is 0 Å². The molecule has 1 aromatic rings. The second-order valence-electron chi connectivity index (χ2n) is 4.52. The van der Waals surface area contributed by atoms with E-state index in [1.54, 1.807) is 7.05 Å². The lowest BCUT2D eigenvalue weighted by Gasteiger charge is -2.24. The number of anilines is 1. The molecule has 0 aliphatic heterocycles. The van der Waals surface area contributed by atoms with Crippen molar-refractivity contribution in [3.63, 3.8) is 0 Å². The number of amides is 1. The van der Waals surface area contributed by atoms with E-state index in [1.165, 1.54) is 4.90 Å². The lowest BCUT2D eigenvalue weighted by Crippen LogP contribution is -2.32. The van der Waals surface area contributed by atoms with E-state index in [4.69, 9.17) is 4.74 Å². The van der Waals surface area contributed by atoms with Crippen molar-refractivity contribution in [2.24, 2.45) is 0 Å². The van der Waals surface area contributed by atoms with Gasteiger partial charge in [-0.2, -0.15) is 0 Å². The molecule has 0 saturated heterocycles. The van der Waals surface area contributed by atoms with Crippen LogP contribution >= 0.6 is 0 Å². The maximum atomic E-state index is 11.9. The van der Waals surface area contributed by atoms with Crippen LogP contribution < -0.4 is 4.90 Å². The lowest BCUT2D eigenvalue weighted by atomic mass is 9.97. The molecule has 0 spiro atoms. The topological polar surface area (TPSA) is 46.6 Å². The van der Waals surface area contributed by atoms with Gasteiger partial charge in [0.05, 0.1) is 0 Å². The molecule has 0 unspecified atom stereocenters. The van der Waals surface area contributed by atoms with E-state index in [-0.39, 0.29) is 18.0 Å². The fourth-order valence-corrected chi connectivity index (χ4v) is 2.01. The van der Waals surface area contributed by atoms with Gasteiger partial charge in [0, 0.05) is 25.6 Å². The summed E-state index contributed by atoms with van der Waals surface area (Å²) in [5, 5.41) is 0. The molecule has 1 aromatic carbocycles. The monoisotopic (exact) mass is 247 g/mol. The number of hydrogen-bond donors (Lipinski definition) is 0. The molecule has 0 radical (unpaired) electrons. The van der Waals surface area contributed by atoms with Gasteiger partial charge in [-0.05, 0) is 25.0 Å². The molecular weight excluding hydrogens is 230 g/mol. The number of carbonyl (C=O) groups excluding carboxylic acids is 2. The third-order valence-corrected chi connectivity index (χ3v) is 3.18. The summed E-state index contributed by atoms with van der Waals surface area (Å²) in [6.07, 6.45) is 1.85. The van der Waals surface area contributed by atoms with E-state index < -0.39 is 0 Å². The molecule has 0 aromatic heterocycles. The molecule has 0 heterocycles. The molecule has 1 aliphatic rings. The second-order valence-corrected chi connectivity index (χ2v) is 4.52. The third-order valence-electron chi connectivity index (χ3n) is 3.18. The van der Waals surface area contributed by atoms with Gasteiger partial charge >= 0.3 is 6.09 Å². The molecule has 18 heavy (non-hydrogen) atoms.